The second-order valence-electron chi connectivity index (χ2n) is 8.98. The zero-order chi connectivity index (χ0) is 25.2. The molecule has 5 rings (SSSR count). The van der Waals surface area contributed by atoms with Crippen LogP contribution in [0.2, 0.25) is 0 Å². The van der Waals surface area contributed by atoms with Crippen LogP contribution >= 0.6 is 0 Å². The SMILES string of the molecule is O=C(CO)N1CCC(c2cc3c(-c4cc(NCc5cc(F)cc(F)c5)ccc4F)ccnc3[nH]2)CC1. The van der Waals surface area contributed by atoms with E-state index in [0.29, 0.717) is 41.1 Å². The van der Waals surface area contributed by atoms with E-state index < -0.39 is 24.1 Å². The fraction of sp³-hybridized carbons (Fsp3) is 0.259. The van der Waals surface area contributed by atoms with Crippen LogP contribution < -0.4 is 5.32 Å². The van der Waals surface area contributed by atoms with E-state index in [1.54, 1.807) is 29.3 Å². The fourth-order valence-electron chi connectivity index (χ4n) is 4.80. The number of piperidine rings is 1. The number of nitrogens with one attached hydrogen (secondary N) is 2. The monoisotopic (exact) mass is 494 g/mol. The fourth-order valence-corrected chi connectivity index (χ4v) is 4.80. The molecule has 6 nitrogen and oxygen atoms in total. The predicted molar refractivity (Wildman–Crippen MR) is 131 cm³/mol. The topological polar surface area (TPSA) is 81.2 Å². The Labute approximate surface area is 205 Å². The molecule has 1 amide bonds. The summed E-state index contributed by atoms with van der Waals surface area (Å²) in [6, 6.07) is 11.7. The van der Waals surface area contributed by atoms with E-state index in [0.717, 1.165) is 30.0 Å². The second kappa shape index (κ2) is 10.0. The van der Waals surface area contributed by atoms with Crippen molar-refractivity contribution in [3.63, 3.8) is 0 Å². The largest absolute Gasteiger partial charge is 0.387 e. The van der Waals surface area contributed by atoms with Crippen molar-refractivity contribution in [3.05, 3.63) is 83.4 Å². The van der Waals surface area contributed by atoms with E-state index in [2.05, 4.69) is 15.3 Å². The van der Waals surface area contributed by atoms with E-state index in [1.807, 2.05) is 6.07 Å². The molecular weight excluding hydrogens is 469 g/mol. The number of pyridine rings is 1. The Balaban J connectivity index is 1.39. The highest BCUT2D eigenvalue weighted by atomic mass is 19.1. The molecule has 1 fully saturated rings. The van der Waals surface area contributed by atoms with Crippen molar-refractivity contribution in [1.82, 2.24) is 14.9 Å². The number of rotatable bonds is 6. The number of hydrogen-bond acceptors (Lipinski definition) is 4. The lowest BCUT2D eigenvalue weighted by Crippen LogP contribution is -2.39. The summed E-state index contributed by atoms with van der Waals surface area (Å²) in [7, 11) is 0. The standard InChI is InChI=1S/C27H25F3N4O2/c28-18-9-16(10-19(29)11-18)14-32-20-1-2-24(30)22(12-20)21-3-6-31-27-23(21)13-25(33-27)17-4-7-34(8-5-17)26(36)15-35/h1-3,6,9-13,17,32,35H,4-5,7-8,14-15H2,(H,31,33). The van der Waals surface area contributed by atoms with Gasteiger partial charge in [-0.25, -0.2) is 18.2 Å². The average molecular weight is 495 g/mol. The molecule has 3 N–H and O–H groups in total. The van der Waals surface area contributed by atoms with E-state index in [4.69, 9.17) is 5.11 Å². The molecule has 1 saturated heterocycles. The Hall–Kier alpha value is -3.85. The number of amides is 1. The first-order valence-electron chi connectivity index (χ1n) is 11.8. The van der Waals surface area contributed by atoms with Gasteiger partial charge in [-0.2, -0.15) is 0 Å². The molecule has 2 aromatic carbocycles. The molecule has 4 aromatic rings. The third-order valence-corrected chi connectivity index (χ3v) is 6.65. The van der Waals surface area contributed by atoms with Crippen LogP contribution in [0.4, 0.5) is 18.9 Å². The van der Waals surface area contributed by atoms with Gasteiger partial charge in [0.2, 0.25) is 5.91 Å². The van der Waals surface area contributed by atoms with Crippen LogP contribution in [0.25, 0.3) is 22.2 Å². The van der Waals surface area contributed by atoms with Gasteiger partial charge in [-0.3, -0.25) is 4.79 Å². The molecule has 0 saturated carbocycles. The average Bonchev–Trinajstić information content (AvgIpc) is 3.32. The molecule has 9 heteroatoms. The molecule has 0 bridgehead atoms. The number of carbonyl (C=O) groups excluding carboxylic acids is 1. The predicted octanol–water partition coefficient (Wildman–Crippen LogP) is 4.96. The van der Waals surface area contributed by atoms with E-state index >= 15 is 0 Å². The molecule has 3 heterocycles. The van der Waals surface area contributed by atoms with Crippen LogP contribution in [0.15, 0.2) is 54.7 Å². The van der Waals surface area contributed by atoms with Gasteiger partial charge in [0.25, 0.3) is 0 Å². The summed E-state index contributed by atoms with van der Waals surface area (Å²) in [5, 5.41) is 13.0. The van der Waals surface area contributed by atoms with Crippen molar-refractivity contribution in [1.29, 1.82) is 0 Å². The van der Waals surface area contributed by atoms with Crippen molar-refractivity contribution in [2.75, 3.05) is 25.0 Å². The lowest BCUT2D eigenvalue weighted by atomic mass is 9.93. The highest BCUT2D eigenvalue weighted by Crippen LogP contribution is 2.35. The minimum atomic E-state index is -0.653. The lowest BCUT2D eigenvalue weighted by molar-refractivity contribution is -0.135. The normalized spacial score (nSPS) is 14.4. The summed E-state index contributed by atoms with van der Waals surface area (Å²) in [6.07, 6.45) is 3.13. The molecule has 0 unspecified atom stereocenters. The number of aromatic amines is 1. The summed E-state index contributed by atoms with van der Waals surface area (Å²) in [5.74, 6) is -1.78. The molecule has 0 radical (unpaired) electrons. The molecule has 0 aliphatic carbocycles. The first kappa shape index (κ1) is 23.9. The van der Waals surface area contributed by atoms with Crippen LogP contribution in [0.1, 0.15) is 30.0 Å². The van der Waals surface area contributed by atoms with Gasteiger partial charge in [0.05, 0.1) is 0 Å². The number of hydrogen-bond donors (Lipinski definition) is 3. The Morgan fingerprint density at radius 2 is 1.78 bits per heavy atom. The summed E-state index contributed by atoms with van der Waals surface area (Å²) in [5.41, 5.74) is 3.72. The summed E-state index contributed by atoms with van der Waals surface area (Å²) < 4.78 is 41.9. The van der Waals surface area contributed by atoms with Gasteiger partial charge in [0.1, 0.15) is 29.7 Å². The van der Waals surface area contributed by atoms with Crippen molar-refractivity contribution in [2.45, 2.75) is 25.3 Å². The quantitative estimate of drug-likeness (QED) is 0.354. The molecule has 36 heavy (non-hydrogen) atoms. The maximum atomic E-state index is 15.0. The number of likely N-dealkylation sites (tertiary alicyclic amines) is 1. The molecule has 2 aromatic heterocycles. The third kappa shape index (κ3) is 4.92. The molecule has 1 aliphatic rings. The molecule has 0 atom stereocenters. The van der Waals surface area contributed by atoms with Crippen molar-refractivity contribution >= 4 is 22.6 Å². The summed E-state index contributed by atoms with van der Waals surface area (Å²) in [6.45, 7) is 0.828. The smallest absolute Gasteiger partial charge is 0.248 e. The van der Waals surface area contributed by atoms with Crippen LogP contribution in [0, 0.1) is 17.5 Å². The van der Waals surface area contributed by atoms with Crippen LogP contribution in [0.3, 0.4) is 0 Å². The third-order valence-electron chi connectivity index (χ3n) is 6.65. The maximum Gasteiger partial charge on any atom is 0.248 e. The van der Waals surface area contributed by atoms with Crippen LogP contribution in [0.5, 0.6) is 0 Å². The Morgan fingerprint density at radius 3 is 2.50 bits per heavy atom. The number of aliphatic hydroxyl groups is 1. The van der Waals surface area contributed by atoms with Gasteiger partial charge in [-0.15, -0.1) is 0 Å². The van der Waals surface area contributed by atoms with Gasteiger partial charge in [0, 0.05) is 60.1 Å². The number of H-pyrrole nitrogens is 1. The molecule has 0 spiro atoms. The summed E-state index contributed by atoms with van der Waals surface area (Å²) in [4.78, 5) is 21.2. The van der Waals surface area contributed by atoms with Crippen LogP contribution in [-0.4, -0.2) is 45.6 Å². The highest BCUT2D eigenvalue weighted by Gasteiger charge is 2.25. The molecule has 186 valence electrons. The van der Waals surface area contributed by atoms with Crippen LogP contribution in [-0.2, 0) is 11.3 Å². The van der Waals surface area contributed by atoms with Crippen molar-refractivity contribution in [2.24, 2.45) is 0 Å². The number of halogens is 3. The minimum Gasteiger partial charge on any atom is -0.387 e. The Kier molecular flexibility index (Phi) is 6.65. The van der Waals surface area contributed by atoms with Gasteiger partial charge in [-0.05, 0) is 66.4 Å². The number of aliphatic hydroxyl groups excluding tert-OH is 1. The van der Waals surface area contributed by atoms with Crippen molar-refractivity contribution in [3.8, 4) is 11.1 Å². The second-order valence-corrected chi connectivity index (χ2v) is 8.98. The lowest BCUT2D eigenvalue weighted by Gasteiger charge is -2.31. The molecule has 1 aliphatic heterocycles. The maximum absolute atomic E-state index is 15.0. The number of fused-ring (bicyclic) bond motifs is 1. The number of aromatic nitrogens is 2. The number of nitrogens with zero attached hydrogens (tertiary/aromatic N) is 2. The van der Waals surface area contributed by atoms with Gasteiger partial charge < -0.3 is 20.3 Å². The molecular formula is C27H25F3N4O2. The Bertz CT molecular complexity index is 1390. The minimum absolute atomic E-state index is 0.178. The Morgan fingerprint density at radius 1 is 1.03 bits per heavy atom. The zero-order valence-corrected chi connectivity index (χ0v) is 19.4. The summed E-state index contributed by atoms with van der Waals surface area (Å²) >= 11 is 0. The number of anilines is 1. The first-order valence-corrected chi connectivity index (χ1v) is 11.8. The first-order chi connectivity index (χ1) is 17.4. The van der Waals surface area contributed by atoms with Crippen molar-refractivity contribution < 1.29 is 23.1 Å². The number of benzene rings is 2. The van der Waals surface area contributed by atoms with Gasteiger partial charge in [-0.1, -0.05) is 0 Å². The zero-order valence-electron chi connectivity index (χ0n) is 19.4. The van der Waals surface area contributed by atoms with Gasteiger partial charge >= 0.3 is 0 Å². The van der Waals surface area contributed by atoms with E-state index in [9.17, 15) is 18.0 Å². The van der Waals surface area contributed by atoms with Gasteiger partial charge in [0.15, 0.2) is 0 Å². The number of carbonyl (C=O) groups is 1. The highest BCUT2D eigenvalue weighted by molar-refractivity contribution is 5.94. The van der Waals surface area contributed by atoms with E-state index in [-0.39, 0.29) is 18.4 Å². The van der Waals surface area contributed by atoms with E-state index in [1.165, 1.54) is 18.2 Å².